The third-order valence-electron chi connectivity index (χ3n) is 2.31. The SMILES string of the molecule is Nc1ncc(Br)cc1S(=O)(=O)Nc1ccc(Cl)c(Br)c1. The van der Waals surface area contributed by atoms with Crippen molar-refractivity contribution in [2.75, 3.05) is 10.5 Å². The molecule has 1 aromatic heterocycles. The van der Waals surface area contributed by atoms with Crippen LogP contribution in [0, 0.1) is 0 Å². The van der Waals surface area contributed by atoms with Crippen LogP contribution >= 0.6 is 43.5 Å². The highest BCUT2D eigenvalue weighted by Crippen LogP contribution is 2.28. The summed E-state index contributed by atoms with van der Waals surface area (Å²) in [5.74, 6) is -0.0753. The number of nitrogen functional groups attached to an aromatic ring is 1. The van der Waals surface area contributed by atoms with Crippen molar-refractivity contribution in [3.05, 3.63) is 44.4 Å². The van der Waals surface area contributed by atoms with E-state index in [1.807, 2.05) is 0 Å². The molecule has 0 amide bonds. The number of benzene rings is 1. The van der Waals surface area contributed by atoms with Crippen LogP contribution in [0.5, 0.6) is 0 Å². The number of anilines is 2. The average Bonchev–Trinajstić information content (AvgIpc) is 2.36. The van der Waals surface area contributed by atoms with E-state index in [4.69, 9.17) is 17.3 Å². The van der Waals surface area contributed by atoms with E-state index in [-0.39, 0.29) is 10.7 Å². The lowest BCUT2D eigenvalue weighted by Gasteiger charge is -2.10. The fraction of sp³-hybridized carbons (Fsp3) is 0. The minimum atomic E-state index is -3.83. The minimum absolute atomic E-state index is 0.0753. The minimum Gasteiger partial charge on any atom is -0.383 e. The molecule has 20 heavy (non-hydrogen) atoms. The zero-order chi connectivity index (χ0) is 14.9. The van der Waals surface area contributed by atoms with Crippen molar-refractivity contribution in [1.82, 2.24) is 4.98 Å². The van der Waals surface area contributed by atoms with Crippen LogP contribution in [0.4, 0.5) is 11.5 Å². The third-order valence-corrected chi connectivity index (χ3v) is 5.37. The van der Waals surface area contributed by atoms with Gasteiger partial charge in [0.15, 0.2) is 0 Å². The molecule has 0 unspecified atom stereocenters. The molecule has 3 N–H and O–H groups in total. The highest BCUT2D eigenvalue weighted by atomic mass is 79.9. The normalized spacial score (nSPS) is 11.3. The quantitative estimate of drug-likeness (QED) is 0.762. The summed E-state index contributed by atoms with van der Waals surface area (Å²) in [5.41, 5.74) is 5.96. The number of nitrogens with zero attached hydrogens (tertiary/aromatic N) is 1. The van der Waals surface area contributed by atoms with Gasteiger partial charge >= 0.3 is 0 Å². The Balaban J connectivity index is 2.40. The molecule has 0 fully saturated rings. The molecule has 0 aliphatic heterocycles. The van der Waals surface area contributed by atoms with Gasteiger partial charge in [0.25, 0.3) is 10.0 Å². The number of sulfonamides is 1. The van der Waals surface area contributed by atoms with Crippen molar-refractivity contribution >= 4 is 65.0 Å². The summed E-state index contributed by atoms with van der Waals surface area (Å²) in [6, 6.07) is 6.06. The van der Waals surface area contributed by atoms with Crippen molar-refractivity contribution < 1.29 is 8.42 Å². The van der Waals surface area contributed by atoms with Gasteiger partial charge in [-0.1, -0.05) is 11.6 Å². The first kappa shape index (κ1) is 15.6. The van der Waals surface area contributed by atoms with Gasteiger partial charge in [-0.3, -0.25) is 4.72 Å². The maximum atomic E-state index is 12.3. The summed E-state index contributed by atoms with van der Waals surface area (Å²) in [6.07, 6.45) is 1.42. The van der Waals surface area contributed by atoms with Gasteiger partial charge in [-0.05, 0) is 56.1 Å². The molecule has 0 atom stereocenters. The Morgan fingerprint density at radius 3 is 2.60 bits per heavy atom. The van der Waals surface area contributed by atoms with Crippen molar-refractivity contribution in [3.8, 4) is 0 Å². The van der Waals surface area contributed by atoms with Gasteiger partial charge < -0.3 is 5.73 Å². The Hall–Kier alpha value is -0.830. The molecule has 0 radical (unpaired) electrons. The molecule has 5 nitrogen and oxygen atoms in total. The molecular formula is C11H8Br2ClN3O2S. The van der Waals surface area contributed by atoms with Crippen LogP contribution in [0.15, 0.2) is 44.3 Å². The topological polar surface area (TPSA) is 85.1 Å². The summed E-state index contributed by atoms with van der Waals surface area (Å²) >= 11 is 12.2. The second kappa shape index (κ2) is 5.88. The first-order valence-electron chi connectivity index (χ1n) is 5.18. The smallest absolute Gasteiger partial charge is 0.265 e. The molecule has 0 bridgehead atoms. The lowest BCUT2D eigenvalue weighted by molar-refractivity contribution is 0.601. The summed E-state index contributed by atoms with van der Waals surface area (Å²) in [4.78, 5) is 3.70. The Bertz CT molecular complexity index is 768. The maximum Gasteiger partial charge on any atom is 0.265 e. The predicted octanol–water partition coefficient (Wildman–Crippen LogP) is 3.64. The van der Waals surface area contributed by atoms with Crippen molar-refractivity contribution in [1.29, 1.82) is 0 Å². The molecule has 2 aromatic rings. The largest absolute Gasteiger partial charge is 0.383 e. The fourth-order valence-corrected chi connectivity index (χ4v) is 3.55. The summed E-state index contributed by atoms with van der Waals surface area (Å²) in [5, 5.41) is 0.483. The molecular weight excluding hydrogens is 433 g/mol. The highest BCUT2D eigenvalue weighted by molar-refractivity contribution is 9.10. The van der Waals surface area contributed by atoms with Gasteiger partial charge in [0, 0.05) is 15.1 Å². The van der Waals surface area contributed by atoms with E-state index in [2.05, 4.69) is 41.6 Å². The Labute approximate surface area is 137 Å². The Morgan fingerprint density at radius 2 is 1.95 bits per heavy atom. The van der Waals surface area contributed by atoms with E-state index < -0.39 is 10.0 Å². The van der Waals surface area contributed by atoms with Crippen LogP contribution in [0.3, 0.4) is 0 Å². The Kier molecular flexibility index (Phi) is 4.58. The van der Waals surface area contributed by atoms with Gasteiger partial charge in [-0.15, -0.1) is 0 Å². The molecule has 0 spiro atoms. The molecule has 1 heterocycles. The molecule has 2 rings (SSSR count). The van der Waals surface area contributed by atoms with Gasteiger partial charge in [0.2, 0.25) is 0 Å². The number of nitrogens with two attached hydrogens (primary N) is 1. The monoisotopic (exact) mass is 439 g/mol. The second-order valence-electron chi connectivity index (χ2n) is 3.77. The standard InChI is InChI=1S/C11H8Br2ClN3O2S/c12-6-3-10(11(15)16-5-6)20(18,19)17-7-1-2-9(14)8(13)4-7/h1-5,17H,(H2,15,16). The van der Waals surface area contributed by atoms with E-state index in [0.717, 1.165) is 0 Å². The molecule has 0 saturated carbocycles. The second-order valence-corrected chi connectivity index (χ2v) is 7.60. The molecule has 0 aliphatic rings. The lowest BCUT2D eigenvalue weighted by atomic mass is 10.3. The van der Waals surface area contributed by atoms with Crippen LogP contribution in [0.25, 0.3) is 0 Å². The maximum absolute atomic E-state index is 12.3. The van der Waals surface area contributed by atoms with Gasteiger partial charge in [-0.2, -0.15) is 0 Å². The first-order valence-corrected chi connectivity index (χ1v) is 8.63. The molecule has 0 aliphatic carbocycles. The number of nitrogens with one attached hydrogen (secondary N) is 1. The van der Waals surface area contributed by atoms with Crippen molar-refractivity contribution in [3.63, 3.8) is 0 Å². The number of halogens is 3. The van der Waals surface area contributed by atoms with Crippen molar-refractivity contribution in [2.24, 2.45) is 0 Å². The van der Waals surface area contributed by atoms with E-state index in [0.29, 0.717) is 19.7 Å². The Morgan fingerprint density at radius 1 is 1.25 bits per heavy atom. The highest BCUT2D eigenvalue weighted by Gasteiger charge is 2.19. The number of rotatable bonds is 3. The van der Waals surface area contributed by atoms with E-state index in [9.17, 15) is 8.42 Å². The number of hydrogen-bond donors (Lipinski definition) is 2. The fourth-order valence-electron chi connectivity index (χ4n) is 1.42. The molecule has 9 heteroatoms. The van der Waals surface area contributed by atoms with E-state index >= 15 is 0 Å². The van der Waals surface area contributed by atoms with Gasteiger partial charge in [0.1, 0.15) is 10.7 Å². The zero-order valence-electron chi connectivity index (χ0n) is 9.77. The average molecular weight is 442 g/mol. The van der Waals surface area contributed by atoms with Crippen LogP contribution in [-0.4, -0.2) is 13.4 Å². The summed E-state index contributed by atoms with van der Waals surface area (Å²) in [7, 11) is -3.83. The van der Waals surface area contributed by atoms with Crippen LogP contribution in [-0.2, 0) is 10.0 Å². The number of pyridine rings is 1. The predicted molar refractivity (Wildman–Crippen MR) is 86.3 cm³/mol. The molecule has 1 aromatic carbocycles. The zero-order valence-corrected chi connectivity index (χ0v) is 14.5. The van der Waals surface area contributed by atoms with E-state index in [1.54, 1.807) is 18.2 Å². The van der Waals surface area contributed by atoms with E-state index in [1.165, 1.54) is 12.3 Å². The number of hydrogen-bond acceptors (Lipinski definition) is 4. The lowest BCUT2D eigenvalue weighted by Crippen LogP contribution is -2.15. The van der Waals surface area contributed by atoms with Crippen LogP contribution in [0.1, 0.15) is 0 Å². The van der Waals surface area contributed by atoms with Crippen LogP contribution < -0.4 is 10.5 Å². The summed E-state index contributed by atoms with van der Waals surface area (Å²) < 4.78 is 28.1. The van der Waals surface area contributed by atoms with Gasteiger partial charge in [0.05, 0.1) is 10.7 Å². The first-order chi connectivity index (χ1) is 9.29. The molecule has 0 saturated heterocycles. The summed E-state index contributed by atoms with van der Waals surface area (Å²) in [6.45, 7) is 0. The number of aromatic nitrogens is 1. The van der Waals surface area contributed by atoms with Crippen LogP contribution in [0.2, 0.25) is 5.02 Å². The van der Waals surface area contributed by atoms with Crippen molar-refractivity contribution in [2.45, 2.75) is 4.90 Å². The third kappa shape index (κ3) is 3.43. The van der Waals surface area contributed by atoms with Gasteiger partial charge in [-0.25, -0.2) is 13.4 Å². The molecule has 106 valence electrons.